The summed E-state index contributed by atoms with van der Waals surface area (Å²) in [6.07, 6.45) is 10.3. The summed E-state index contributed by atoms with van der Waals surface area (Å²) in [5.41, 5.74) is 14.2. The first-order valence-corrected chi connectivity index (χ1v) is 14.5. The summed E-state index contributed by atoms with van der Waals surface area (Å²) in [6.45, 7) is 10.7. The summed E-state index contributed by atoms with van der Waals surface area (Å²) in [4.78, 5) is 13.0. The van der Waals surface area contributed by atoms with Gasteiger partial charge in [-0.05, 0) is 92.2 Å². The van der Waals surface area contributed by atoms with Crippen LogP contribution in [0, 0.1) is 17.8 Å². The third kappa shape index (κ3) is 7.21. The first-order valence-electron chi connectivity index (χ1n) is 14.5. The Kier molecular flexibility index (Phi) is 10.3. The van der Waals surface area contributed by atoms with Gasteiger partial charge in [-0.1, -0.05) is 47.5 Å². The highest BCUT2D eigenvalue weighted by atomic mass is 16.5. The molecule has 2 aromatic carbocycles. The first kappa shape index (κ1) is 28.9. The SMILES string of the molecule is CC.CC.CC1CCC(C2CCC3(CC2)CC(=O)c2ccc(OCc4cc(N)cc(N)c4)cc2O3)CC1. The average Bonchev–Trinajstić information content (AvgIpc) is 2.90. The number of rotatable bonds is 4. The van der Waals surface area contributed by atoms with Crippen molar-refractivity contribution in [3.8, 4) is 11.5 Å². The Labute approximate surface area is 224 Å². The molecule has 1 aliphatic heterocycles. The molecular weight excluding hydrogens is 460 g/mol. The van der Waals surface area contributed by atoms with Crippen LogP contribution in [0.15, 0.2) is 36.4 Å². The minimum atomic E-state index is -0.344. The molecule has 2 fully saturated rings. The maximum absolute atomic E-state index is 13.0. The average molecular weight is 509 g/mol. The van der Waals surface area contributed by atoms with Gasteiger partial charge in [0.25, 0.3) is 0 Å². The standard InChI is InChI=1S/C28H36N2O3.2C2H6/c1-18-2-4-20(5-3-18)21-8-10-28(11-9-21)16-26(31)25-7-6-24(15-27(25)33-28)32-17-19-12-22(29)14-23(30)13-19;2*1-2/h6-7,12-15,18,20-21H,2-5,8-11,16-17,29-30H2,1H3;2*1-2H3. The van der Waals surface area contributed by atoms with E-state index in [1.165, 1.54) is 38.5 Å². The topological polar surface area (TPSA) is 87.6 Å². The lowest BCUT2D eigenvalue weighted by Gasteiger charge is -2.45. The number of benzene rings is 2. The van der Waals surface area contributed by atoms with Gasteiger partial charge in [0.2, 0.25) is 0 Å². The molecule has 0 aromatic heterocycles. The van der Waals surface area contributed by atoms with Crippen LogP contribution < -0.4 is 20.9 Å². The molecule has 4 N–H and O–H groups in total. The van der Waals surface area contributed by atoms with E-state index in [2.05, 4.69) is 6.92 Å². The van der Waals surface area contributed by atoms with Crippen molar-refractivity contribution in [1.82, 2.24) is 0 Å². The summed E-state index contributed by atoms with van der Waals surface area (Å²) in [5.74, 6) is 4.09. The van der Waals surface area contributed by atoms with Gasteiger partial charge < -0.3 is 20.9 Å². The number of carbonyl (C=O) groups is 1. The van der Waals surface area contributed by atoms with Gasteiger partial charge in [-0.3, -0.25) is 4.79 Å². The van der Waals surface area contributed by atoms with E-state index in [4.69, 9.17) is 20.9 Å². The van der Waals surface area contributed by atoms with Crippen LogP contribution in [-0.4, -0.2) is 11.4 Å². The number of hydrogen-bond acceptors (Lipinski definition) is 5. The Balaban J connectivity index is 0.000000907. The van der Waals surface area contributed by atoms with E-state index in [0.717, 1.165) is 36.2 Å². The molecule has 5 nitrogen and oxygen atoms in total. The molecule has 2 saturated carbocycles. The number of carbonyl (C=O) groups excluding carboxylic acids is 1. The molecule has 37 heavy (non-hydrogen) atoms. The predicted octanol–water partition coefficient (Wildman–Crippen LogP) is 8.20. The van der Waals surface area contributed by atoms with Crippen LogP contribution in [0.5, 0.6) is 11.5 Å². The number of ether oxygens (including phenoxy) is 2. The highest BCUT2D eigenvalue weighted by molar-refractivity contribution is 6.00. The lowest BCUT2D eigenvalue weighted by molar-refractivity contribution is -0.00918. The van der Waals surface area contributed by atoms with Crippen molar-refractivity contribution >= 4 is 17.2 Å². The number of anilines is 2. The molecule has 0 unspecified atom stereocenters. The van der Waals surface area contributed by atoms with E-state index in [9.17, 15) is 4.79 Å². The van der Waals surface area contributed by atoms with E-state index >= 15 is 0 Å². The molecule has 1 heterocycles. The minimum absolute atomic E-state index is 0.191. The third-order valence-corrected chi connectivity index (χ3v) is 8.17. The van der Waals surface area contributed by atoms with E-state index in [1.807, 2.05) is 58.0 Å². The molecule has 0 amide bonds. The zero-order chi connectivity index (χ0) is 27.0. The van der Waals surface area contributed by atoms with Crippen LogP contribution in [0.3, 0.4) is 0 Å². The second-order valence-corrected chi connectivity index (χ2v) is 10.7. The van der Waals surface area contributed by atoms with Crippen molar-refractivity contribution in [1.29, 1.82) is 0 Å². The van der Waals surface area contributed by atoms with Crippen molar-refractivity contribution in [2.24, 2.45) is 17.8 Å². The Morgan fingerprint density at radius 3 is 2.08 bits per heavy atom. The van der Waals surface area contributed by atoms with Gasteiger partial charge in [0, 0.05) is 17.4 Å². The first-order chi connectivity index (χ1) is 17.9. The van der Waals surface area contributed by atoms with Crippen LogP contribution >= 0.6 is 0 Å². The smallest absolute Gasteiger partial charge is 0.170 e. The fraction of sp³-hybridized carbons (Fsp3) is 0.594. The largest absolute Gasteiger partial charge is 0.489 e. The Morgan fingerprint density at radius 2 is 1.46 bits per heavy atom. The van der Waals surface area contributed by atoms with Gasteiger partial charge in [-0.25, -0.2) is 0 Å². The van der Waals surface area contributed by atoms with Gasteiger partial charge in [0.1, 0.15) is 23.7 Å². The summed E-state index contributed by atoms with van der Waals surface area (Å²) < 4.78 is 12.6. The normalized spacial score (nSPS) is 26.5. The highest BCUT2D eigenvalue weighted by Crippen LogP contribution is 2.48. The summed E-state index contributed by atoms with van der Waals surface area (Å²) >= 11 is 0. The van der Waals surface area contributed by atoms with E-state index in [1.54, 1.807) is 6.07 Å². The molecule has 5 rings (SSSR count). The Hall–Kier alpha value is -2.69. The summed E-state index contributed by atoms with van der Waals surface area (Å²) in [5, 5.41) is 0. The van der Waals surface area contributed by atoms with Gasteiger partial charge in [0.15, 0.2) is 5.78 Å². The zero-order valence-electron chi connectivity index (χ0n) is 23.6. The van der Waals surface area contributed by atoms with E-state index in [-0.39, 0.29) is 11.4 Å². The number of nitrogen functional groups attached to an aromatic ring is 2. The fourth-order valence-electron chi connectivity index (χ4n) is 6.23. The molecule has 1 spiro atoms. The van der Waals surface area contributed by atoms with Crippen LogP contribution in [0.1, 0.15) is 108 Å². The van der Waals surface area contributed by atoms with Crippen molar-refractivity contribution < 1.29 is 14.3 Å². The van der Waals surface area contributed by atoms with Crippen molar-refractivity contribution in [2.45, 2.75) is 105 Å². The second kappa shape index (κ2) is 13.2. The maximum atomic E-state index is 13.0. The monoisotopic (exact) mass is 508 g/mol. The van der Waals surface area contributed by atoms with Crippen molar-refractivity contribution in [2.75, 3.05) is 11.5 Å². The quantitative estimate of drug-likeness (QED) is 0.406. The van der Waals surface area contributed by atoms with Gasteiger partial charge in [-0.2, -0.15) is 0 Å². The Morgan fingerprint density at radius 1 is 0.865 bits per heavy atom. The molecular formula is C32H48N2O3. The molecule has 2 aromatic rings. The number of Topliss-reactive ketones (excluding diaryl/α,β-unsaturated/α-hetero) is 1. The van der Waals surface area contributed by atoms with Gasteiger partial charge in [-0.15, -0.1) is 0 Å². The van der Waals surface area contributed by atoms with Gasteiger partial charge >= 0.3 is 0 Å². The number of hydrogen-bond donors (Lipinski definition) is 2. The summed E-state index contributed by atoms with van der Waals surface area (Å²) in [6, 6.07) is 11.0. The second-order valence-electron chi connectivity index (χ2n) is 10.7. The van der Waals surface area contributed by atoms with Crippen LogP contribution in [-0.2, 0) is 6.61 Å². The zero-order valence-corrected chi connectivity index (χ0v) is 23.6. The van der Waals surface area contributed by atoms with E-state index in [0.29, 0.717) is 41.5 Å². The lowest BCUT2D eigenvalue weighted by Crippen LogP contribution is -2.45. The lowest BCUT2D eigenvalue weighted by atomic mass is 9.67. The molecule has 5 heteroatoms. The number of fused-ring (bicyclic) bond motifs is 1. The summed E-state index contributed by atoms with van der Waals surface area (Å²) in [7, 11) is 0. The van der Waals surface area contributed by atoms with Crippen LogP contribution in [0.2, 0.25) is 0 Å². The molecule has 0 radical (unpaired) electrons. The van der Waals surface area contributed by atoms with Crippen molar-refractivity contribution in [3.05, 3.63) is 47.5 Å². The Bertz CT molecular complexity index is 998. The fourth-order valence-corrected chi connectivity index (χ4v) is 6.23. The molecule has 204 valence electrons. The molecule has 0 saturated heterocycles. The minimum Gasteiger partial charge on any atom is -0.489 e. The molecule has 2 aliphatic carbocycles. The molecule has 0 bridgehead atoms. The maximum Gasteiger partial charge on any atom is 0.170 e. The third-order valence-electron chi connectivity index (χ3n) is 8.17. The van der Waals surface area contributed by atoms with Gasteiger partial charge in [0.05, 0.1) is 12.0 Å². The van der Waals surface area contributed by atoms with Crippen molar-refractivity contribution in [3.63, 3.8) is 0 Å². The highest BCUT2D eigenvalue weighted by Gasteiger charge is 2.44. The van der Waals surface area contributed by atoms with Crippen LogP contribution in [0.25, 0.3) is 0 Å². The van der Waals surface area contributed by atoms with Crippen LogP contribution in [0.4, 0.5) is 11.4 Å². The number of nitrogens with two attached hydrogens (primary N) is 2. The predicted molar refractivity (Wildman–Crippen MR) is 154 cm³/mol. The number of ketones is 1. The molecule has 0 atom stereocenters. The van der Waals surface area contributed by atoms with E-state index < -0.39 is 0 Å². The molecule has 3 aliphatic rings.